The molecular formula is C18H18N4. The molecule has 0 bridgehead atoms. The summed E-state index contributed by atoms with van der Waals surface area (Å²) in [6.07, 6.45) is 1.89. The molecule has 0 spiro atoms. The van der Waals surface area contributed by atoms with Gasteiger partial charge in [-0.15, -0.1) is 0 Å². The highest BCUT2D eigenvalue weighted by Gasteiger charge is 2.11. The number of rotatable bonds is 4. The molecule has 3 aromatic rings. The molecule has 0 unspecified atom stereocenters. The summed E-state index contributed by atoms with van der Waals surface area (Å²) in [6, 6.07) is 16.9. The van der Waals surface area contributed by atoms with E-state index >= 15 is 0 Å². The first-order chi connectivity index (χ1) is 10.7. The Morgan fingerprint density at radius 3 is 2.73 bits per heavy atom. The minimum absolute atomic E-state index is 0.470. The van der Waals surface area contributed by atoms with Crippen LogP contribution in [-0.2, 0) is 13.0 Å². The summed E-state index contributed by atoms with van der Waals surface area (Å²) in [5.41, 5.74) is 8.49. The van der Waals surface area contributed by atoms with E-state index in [1.54, 1.807) is 4.68 Å². The highest BCUT2D eigenvalue weighted by molar-refractivity contribution is 5.85. The molecule has 22 heavy (non-hydrogen) atoms. The first-order valence-corrected chi connectivity index (χ1v) is 7.40. The van der Waals surface area contributed by atoms with Gasteiger partial charge in [-0.05, 0) is 36.1 Å². The number of nitrogens with zero attached hydrogens (tertiary/aromatic N) is 3. The smallest absolute Gasteiger partial charge is 0.140 e. The summed E-state index contributed by atoms with van der Waals surface area (Å²) in [5, 5.41) is 16.0. The molecule has 0 aliphatic rings. The Hall–Kier alpha value is -2.80. The van der Waals surface area contributed by atoms with Crippen molar-refractivity contribution in [3.8, 4) is 6.07 Å². The van der Waals surface area contributed by atoms with Gasteiger partial charge in [-0.25, -0.2) is 4.68 Å². The zero-order valence-electron chi connectivity index (χ0n) is 12.6. The average molecular weight is 290 g/mol. The minimum Gasteiger partial charge on any atom is -0.383 e. The lowest BCUT2D eigenvalue weighted by Gasteiger charge is -2.07. The second-order valence-electron chi connectivity index (χ2n) is 5.42. The molecule has 2 N–H and O–H groups in total. The van der Waals surface area contributed by atoms with Crippen molar-refractivity contribution < 1.29 is 0 Å². The van der Waals surface area contributed by atoms with E-state index in [-0.39, 0.29) is 0 Å². The lowest BCUT2D eigenvalue weighted by Crippen LogP contribution is -2.06. The third-order valence-electron chi connectivity index (χ3n) is 3.97. The predicted molar refractivity (Wildman–Crippen MR) is 88.4 cm³/mol. The number of anilines is 1. The van der Waals surface area contributed by atoms with Crippen molar-refractivity contribution in [2.45, 2.75) is 26.3 Å². The fourth-order valence-corrected chi connectivity index (χ4v) is 2.84. The van der Waals surface area contributed by atoms with Gasteiger partial charge in [0.1, 0.15) is 17.5 Å². The van der Waals surface area contributed by atoms with Crippen LogP contribution in [0.5, 0.6) is 0 Å². The zero-order valence-corrected chi connectivity index (χ0v) is 12.6. The molecule has 1 heterocycles. The summed E-state index contributed by atoms with van der Waals surface area (Å²) in [4.78, 5) is 0. The fourth-order valence-electron chi connectivity index (χ4n) is 2.84. The van der Waals surface area contributed by atoms with E-state index in [0.717, 1.165) is 19.4 Å². The number of fused-ring (bicyclic) bond motifs is 1. The summed E-state index contributed by atoms with van der Waals surface area (Å²) in [7, 11) is 0. The molecule has 0 amide bonds. The summed E-state index contributed by atoms with van der Waals surface area (Å²) in [6.45, 7) is 2.54. The Kier molecular flexibility index (Phi) is 3.80. The molecule has 1 aromatic heterocycles. The van der Waals surface area contributed by atoms with Crippen molar-refractivity contribution in [3.05, 3.63) is 59.3 Å². The largest absolute Gasteiger partial charge is 0.383 e. The molecule has 110 valence electrons. The van der Waals surface area contributed by atoms with Gasteiger partial charge in [-0.2, -0.15) is 10.4 Å². The highest BCUT2D eigenvalue weighted by atomic mass is 15.3. The molecule has 0 aliphatic heterocycles. The van der Waals surface area contributed by atoms with Gasteiger partial charge in [0.25, 0.3) is 0 Å². The molecule has 0 atom stereocenters. The van der Waals surface area contributed by atoms with Crippen molar-refractivity contribution in [1.82, 2.24) is 9.78 Å². The first kappa shape index (κ1) is 14.2. The summed E-state index contributed by atoms with van der Waals surface area (Å²) < 4.78 is 1.74. The Morgan fingerprint density at radius 1 is 1.18 bits per heavy atom. The Bertz CT molecular complexity index is 850. The van der Waals surface area contributed by atoms with Crippen LogP contribution < -0.4 is 5.73 Å². The van der Waals surface area contributed by atoms with E-state index in [9.17, 15) is 0 Å². The fraction of sp³-hybridized carbons (Fsp3) is 0.222. The SMILES string of the molecule is Cc1nn(CCCc2cccc3ccccc23)c(N)c1C#N. The zero-order chi connectivity index (χ0) is 15.5. The molecule has 4 nitrogen and oxygen atoms in total. The van der Waals surface area contributed by atoms with E-state index in [2.05, 4.69) is 53.6 Å². The van der Waals surface area contributed by atoms with Gasteiger partial charge in [0.05, 0.1) is 5.69 Å². The minimum atomic E-state index is 0.470. The number of benzene rings is 2. The second kappa shape index (κ2) is 5.90. The van der Waals surface area contributed by atoms with Crippen LogP contribution in [0.4, 0.5) is 5.82 Å². The van der Waals surface area contributed by atoms with Crippen LogP contribution in [0, 0.1) is 18.3 Å². The standard InChI is InChI=1S/C18H18N4/c1-13-17(12-19)18(20)22(21-13)11-5-9-15-8-4-7-14-6-2-3-10-16(14)15/h2-4,6-8,10H,5,9,11,20H2,1H3. The molecule has 0 saturated carbocycles. The van der Waals surface area contributed by atoms with Crippen LogP contribution in [0.1, 0.15) is 23.2 Å². The number of nitrogens with two attached hydrogens (primary N) is 1. The van der Waals surface area contributed by atoms with Crippen LogP contribution in [0.25, 0.3) is 10.8 Å². The molecule has 3 rings (SSSR count). The van der Waals surface area contributed by atoms with Gasteiger partial charge in [-0.3, -0.25) is 0 Å². The van der Waals surface area contributed by atoms with E-state index < -0.39 is 0 Å². The van der Waals surface area contributed by atoms with Crippen LogP contribution in [0.3, 0.4) is 0 Å². The van der Waals surface area contributed by atoms with Crippen LogP contribution in [0.2, 0.25) is 0 Å². The second-order valence-corrected chi connectivity index (χ2v) is 5.42. The van der Waals surface area contributed by atoms with Gasteiger partial charge in [0, 0.05) is 6.54 Å². The van der Waals surface area contributed by atoms with Crippen molar-refractivity contribution in [2.75, 3.05) is 5.73 Å². The maximum atomic E-state index is 9.05. The van der Waals surface area contributed by atoms with Crippen LogP contribution in [-0.4, -0.2) is 9.78 Å². The number of hydrogen-bond acceptors (Lipinski definition) is 3. The normalized spacial score (nSPS) is 10.7. The molecular weight excluding hydrogens is 272 g/mol. The van der Waals surface area contributed by atoms with Gasteiger partial charge >= 0.3 is 0 Å². The number of nitrogen functional groups attached to an aromatic ring is 1. The van der Waals surface area contributed by atoms with Crippen LogP contribution >= 0.6 is 0 Å². The number of hydrogen-bond donors (Lipinski definition) is 1. The van der Waals surface area contributed by atoms with Crippen molar-refractivity contribution >= 4 is 16.6 Å². The molecule has 0 fully saturated rings. The third kappa shape index (κ3) is 2.53. The van der Waals surface area contributed by atoms with Crippen molar-refractivity contribution in [1.29, 1.82) is 5.26 Å². The van der Waals surface area contributed by atoms with Crippen LogP contribution in [0.15, 0.2) is 42.5 Å². The molecule has 0 radical (unpaired) electrons. The van der Waals surface area contributed by atoms with E-state index in [0.29, 0.717) is 17.1 Å². The number of nitriles is 1. The summed E-state index contributed by atoms with van der Waals surface area (Å²) >= 11 is 0. The lowest BCUT2D eigenvalue weighted by atomic mass is 10.0. The monoisotopic (exact) mass is 290 g/mol. The van der Waals surface area contributed by atoms with Gasteiger partial charge < -0.3 is 5.73 Å². The van der Waals surface area contributed by atoms with Crippen molar-refractivity contribution in [3.63, 3.8) is 0 Å². The van der Waals surface area contributed by atoms with E-state index in [1.807, 2.05) is 6.92 Å². The molecule has 4 heteroatoms. The van der Waals surface area contributed by atoms with Gasteiger partial charge in [0.2, 0.25) is 0 Å². The van der Waals surface area contributed by atoms with Gasteiger partial charge in [0.15, 0.2) is 0 Å². The first-order valence-electron chi connectivity index (χ1n) is 7.40. The Balaban J connectivity index is 1.75. The predicted octanol–water partition coefficient (Wildman–Crippen LogP) is 3.43. The Morgan fingerprint density at radius 2 is 1.95 bits per heavy atom. The molecule has 0 aliphatic carbocycles. The quantitative estimate of drug-likeness (QED) is 0.800. The Labute approximate surface area is 129 Å². The van der Waals surface area contributed by atoms with Crippen molar-refractivity contribution in [2.24, 2.45) is 0 Å². The number of aromatic nitrogens is 2. The maximum Gasteiger partial charge on any atom is 0.140 e. The van der Waals surface area contributed by atoms with Gasteiger partial charge in [-0.1, -0.05) is 42.5 Å². The lowest BCUT2D eigenvalue weighted by molar-refractivity contribution is 0.583. The molecule has 0 saturated heterocycles. The topological polar surface area (TPSA) is 67.6 Å². The highest BCUT2D eigenvalue weighted by Crippen LogP contribution is 2.21. The van der Waals surface area contributed by atoms with E-state index in [4.69, 9.17) is 11.0 Å². The third-order valence-corrected chi connectivity index (χ3v) is 3.97. The number of aryl methyl sites for hydroxylation is 3. The average Bonchev–Trinajstić information content (AvgIpc) is 2.81. The van der Waals surface area contributed by atoms with E-state index in [1.165, 1.54) is 16.3 Å². The molecule has 2 aromatic carbocycles. The maximum absolute atomic E-state index is 9.05. The summed E-state index contributed by atoms with van der Waals surface area (Å²) in [5.74, 6) is 0.470.